The molecule has 2 N–H and O–H groups in total. The molecule has 2 aromatic rings. The minimum atomic E-state index is -0.992. The topological polar surface area (TPSA) is 86.9 Å². The van der Waals surface area contributed by atoms with E-state index >= 15 is 0 Å². The third-order valence-corrected chi connectivity index (χ3v) is 4.10. The van der Waals surface area contributed by atoms with Gasteiger partial charge in [0.2, 0.25) is 5.91 Å². The predicted octanol–water partition coefficient (Wildman–Crippen LogP) is 0.809. The van der Waals surface area contributed by atoms with E-state index in [9.17, 15) is 14.7 Å². The third-order valence-electron chi connectivity index (χ3n) is 3.34. The Bertz CT molecular complexity index is 677. The van der Waals surface area contributed by atoms with Crippen molar-refractivity contribution in [1.29, 1.82) is 0 Å². The van der Waals surface area contributed by atoms with E-state index in [-0.39, 0.29) is 17.6 Å². The molecule has 0 aromatic carbocycles. The number of carbonyl (C=O) groups excluding carboxylic acids is 1. The number of anilines is 1. The van der Waals surface area contributed by atoms with Crippen molar-refractivity contribution in [3.63, 3.8) is 0 Å². The fraction of sp³-hybridized carbons (Fsp3) is 0.417. The molecule has 0 radical (unpaired) electrons. The van der Waals surface area contributed by atoms with Crippen LogP contribution < -0.4 is 10.2 Å². The number of fused-ring (bicyclic) bond motifs is 1. The Morgan fingerprint density at radius 2 is 2.35 bits per heavy atom. The maximum Gasteiger partial charge on any atom is 0.356 e. The van der Waals surface area contributed by atoms with Crippen LogP contribution in [0.1, 0.15) is 23.8 Å². The van der Waals surface area contributed by atoms with Gasteiger partial charge >= 0.3 is 5.97 Å². The molecular weight excluding hydrogens is 280 g/mol. The fourth-order valence-corrected chi connectivity index (χ4v) is 3.26. The summed E-state index contributed by atoms with van der Waals surface area (Å²) in [6.45, 7) is 2.76. The van der Waals surface area contributed by atoms with Gasteiger partial charge in [0.05, 0.1) is 0 Å². The maximum absolute atomic E-state index is 11.5. The zero-order chi connectivity index (χ0) is 14.3. The molecule has 1 atom stereocenters. The first-order chi connectivity index (χ1) is 9.56. The molecule has 8 heteroatoms. The van der Waals surface area contributed by atoms with Crippen molar-refractivity contribution in [2.45, 2.75) is 19.4 Å². The molecule has 7 nitrogen and oxygen atoms in total. The highest BCUT2D eigenvalue weighted by atomic mass is 32.1. The van der Waals surface area contributed by atoms with Crippen molar-refractivity contribution >= 4 is 34.0 Å². The second kappa shape index (κ2) is 4.78. The summed E-state index contributed by atoms with van der Waals surface area (Å²) < 4.78 is 1.59. The zero-order valence-electron chi connectivity index (χ0n) is 10.9. The second-order valence-corrected chi connectivity index (χ2v) is 5.65. The number of thiazole rings is 1. The van der Waals surface area contributed by atoms with Gasteiger partial charge in [0.25, 0.3) is 0 Å². The number of hydrogen-bond donors (Lipinski definition) is 2. The molecule has 0 spiro atoms. The van der Waals surface area contributed by atoms with E-state index in [1.54, 1.807) is 10.6 Å². The van der Waals surface area contributed by atoms with Crippen LogP contribution in [0.4, 0.5) is 5.82 Å². The molecule has 20 heavy (non-hydrogen) atoms. The summed E-state index contributed by atoms with van der Waals surface area (Å²) in [5.41, 5.74) is 0.185. The molecule has 0 bridgehead atoms. The Hall–Kier alpha value is -2.09. The van der Waals surface area contributed by atoms with Crippen LogP contribution in [0.2, 0.25) is 0 Å². The van der Waals surface area contributed by atoms with Crippen LogP contribution in [0, 0.1) is 0 Å². The first kappa shape index (κ1) is 12.9. The van der Waals surface area contributed by atoms with E-state index in [0.29, 0.717) is 23.9 Å². The Labute approximate surface area is 118 Å². The molecule has 3 heterocycles. The summed E-state index contributed by atoms with van der Waals surface area (Å²) in [5, 5.41) is 14.1. The molecule has 106 valence electrons. The van der Waals surface area contributed by atoms with Crippen LogP contribution in [0.3, 0.4) is 0 Å². The highest BCUT2D eigenvalue weighted by molar-refractivity contribution is 7.15. The molecule has 0 aliphatic carbocycles. The summed E-state index contributed by atoms with van der Waals surface area (Å²) in [5.74, 6) is -0.577. The van der Waals surface area contributed by atoms with Crippen molar-refractivity contribution in [1.82, 2.24) is 14.7 Å². The van der Waals surface area contributed by atoms with Crippen LogP contribution in [0.25, 0.3) is 4.96 Å². The second-order valence-electron chi connectivity index (χ2n) is 4.78. The van der Waals surface area contributed by atoms with Gasteiger partial charge in [-0.15, -0.1) is 11.3 Å². The van der Waals surface area contributed by atoms with E-state index < -0.39 is 5.97 Å². The summed E-state index contributed by atoms with van der Waals surface area (Å²) in [4.78, 5) is 29.5. The number of hydrogen-bond acceptors (Lipinski definition) is 5. The first-order valence-electron chi connectivity index (χ1n) is 6.27. The van der Waals surface area contributed by atoms with Crippen LogP contribution in [0.15, 0.2) is 11.6 Å². The molecule has 1 fully saturated rings. The van der Waals surface area contributed by atoms with Gasteiger partial charge in [-0.25, -0.2) is 9.78 Å². The van der Waals surface area contributed by atoms with E-state index in [4.69, 9.17) is 0 Å². The number of amides is 1. The average Bonchev–Trinajstić information content (AvgIpc) is 2.99. The van der Waals surface area contributed by atoms with Gasteiger partial charge in [0, 0.05) is 37.6 Å². The summed E-state index contributed by atoms with van der Waals surface area (Å²) in [6, 6.07) is 0.0499. The van der Waals surface area contributed by atoms with Crippen LogP contribution >= 0.6 is 11.3 Å². The molecule has 1 amide bonds. The van der Waals surface area contributed by atoms with Crippen LogP contribution in [-0.2, 0) is 4.79 Å². The lowest BCUT2D eigenvalue weighted by Gasteiger charge is -2.16. The van der Waals surface area contributed by atoms with Gasteiger partial charge in [-0.3, -0.25) is 9.20 Å². The van der Waals surface area contributed by atoms with E-state index in [2.05, 4.69) is 10.3 Å². The van der Waals surface area contributed by atoms with E-state index in [1.807, 2.05) is 10.3 Å². The van der Waals surface area contributed by atoms with E-state index in [1.165, 1.54) is 18.3 Å². The quantitative estimate of drug-likeness (QED) is 0.874. The van der Waals surface area contributed by atoms with Gasteiger partial charge in [0.15, 0.2) is 16.5 Å². The van der Waals surface area contributed by atoms with Gasteiger partial charge in [-0.1, -0.05) is 0 Å². The SMILES string of the molecule is CC(=O)NC1CCN(c2nc3sccn3c2C(=O)O)C1. The summed E-state index contributed by atoms with van der Waals surface area (Å²) >= 11 is 1.40. The number of aromatic carboxylic acids is 1. The van der Waals surface area contributed by atoms with Gasteiger partial charge in [0.1, 0.15) is 0 Å². The third kappa shape index (κ3) is 2.11. The maximum atomic E-state index is 11.5. The Morgan fingerprint density at radius 3 is 3.05 bits per heavy atom. The predicted molar refractivity (Wildman–Crippen MR) is 74.5 cm³/mol. The van der Waals surface area contributed by atoms with Crippen molar-refractivity contribution in [2.24, 2.45) is 0 Å². The fourth-order valence-electron chi connectivity index (χ4n) is 2.55. The van der Waals surface area contributed by atoms with Crippen molar-refractivity contribution in [2.75, 3.05) is 18.0 Å². The lowest BCUT2D eigenvalue weighted by molar-refractivity contribution is -0.119. The number of aromatic nitrogens is 2. The average molecular weight is 294 g/mol. The summed E-state index contributed by atoms with van der Waals surface area (Å²) in [6.07, 6.45) is 2.51. The first-order valence-corrected chi connectivity index (χ1v) is 7.15. The van der Waals surface area contributed by atoms with Crippen molar-refractivity contribution in [3.8, 4) is 0 Å². The van der Waals surface area contributed by atoms with Crippen LogP contribution in [-0.4, -0.2) is 45.5 Å². The Balaban J connectivity index is 1.91. The van der Waals surface area contributed by atoms with Gasteiger partial charge in [-0.05, 0) is 6.42 Å². The normalized spacial score (nSPS) is 18.6. The minimum Gasteiger partial charge on any atom is -0.476 e. The molecule has 1 saturated heterocycles. The number of carbonyl (C=O) groups is 2. The minimum absolute atomic E-state index is 0.0499. The Morgan fingerprint density at radius 1 is 1.55 bits per heavy atom. The molecule has 1 aliphatic heterocycles. The highest BCUT2D eigenvalue weighted by Gasteiger charge is 2.30. The number of nitrogens with zero attached hydrogens (tertiary/aromatic N) is 3. The lowest BCUT2D eigenvalue weighted by atomic mass is 10.2. The number of carboxylic acids is 1. The summed E-state index contributed by atoms with van der Waals surface area (Å²) in [7, 11) is 0. The number of imidazole rings is 1. The standard InChI is InChI=1S/C12H14N4O3S/c1-7(17)13-8-2-3-15(6-8)10-9(11(18)19)16-4-5-20-12(16)14-10/h4-5,8H,2-3,6H2,1H3,(H,13,17)(H,18,19). The molecule has 0 saturated carbocycles. The lowest BCUT2D eigenvalue weighted by Crippen LogP contribution is -2.35. The number of carboxylic acid groups (broad SMARTS) is 1. The number of rotatable bonds is 3. The smallest absolute Gasteiger partial charge is 0.356 e. The molecule has 1 aliphatic rings. The number of nitrogens with one attached hydrogen (secondary N) is 1. The molecule has 3 rings (SSSR count). The van der Waals surface area contributed by atoms with Crippen molar-refractivity contribution < 1.29 is 14.7 Å². The van der Waals surface area contributed by atoms with E-state index in [0.717, 1.165) is 6.42 Å². The Kier molecular flexibility index (Phi) is 3.09. The van der Waals surface area contributed by atoms with Gasteiger partial charge < -0.3 is 15.3 Å². The largest absolute Gasteiger partial charge is 0.476 e. The van der Waals surface area contributed by atoms with Crippen molar-refractivity contribution in [3.05, 3.63) is 17.3 Å². The van der Waals surface area contributed by atoms with Crippen LogP contribution in [0.5, 0.6) is 0 Å². The highest BCUT2D eigenvalue weighted by Crippen LogP contribution is 2.27. The molecular formula is C12H14N4O3S. The molecule has 1 unspecified atom stereocenters. The van der Waals surface area contributed by atoms with Gasteiger partial charge in [-0.2, -0.15) is 0 Å². The molecule has 2 aromatic heterocycles. The zero-order valence-corrected chi connectivity index (χ0v) is 11.7. The monoisotopic (exact) mass is 294 g/mol.